The van der Waals surface area contributed by atoms with Crippen LogP contribution in [-0.4, -0.2) is 25.0 Å². The van der Waals surface area contributed by atoms with Gasteiger partial charge < -0.3 is 10.6 Å². The molecular formula is C11H16N2OS. The van der Waals surface area contributed by atoms with E-state index < -0.39 is 0 Å². The largest absolute Gasteiger partial charge is 0.352 e. The Labute approximate surface area is 93.9 Å². The molecule has 82 valence electrons. The van der Waals surface area contributed by atoms with E-state index in [1.807, 2.05) is 16.8 Å². The van der Waals surface area contributed by atoms with Gasteiger partial charge in [-0.2, -0.15) is 11.3 Å². The lowest BCUT2D eigenvalue weighted by molar-refractivity contribution is 0.0953. The van der Waals surface area contributed by atoms with E-state index >= 15 is 0 Å². The number of nitrogens with one attached hydrogen (secondary N) is 2. The van der Waals surface area contributed by atoms with Gasteiger partial charge in [0.25, 0.3) is 5.91 Å². The Morgan fingerprint density at radius 3 is 3.27 bits per heavy atom. The summed E-state index contributed by atoms with van der Waals surface area (Å²) >= 11 is 1.55. The van der Waals surface area contributed by atoms with Crippen LogP contribution in [0.2, 0.25) is 0 Å². The van der Waals surface area contributed by atoms with Gasteiger partial charge in [-0.3, -0.25) is 4.79 Å². The molecule has 4 heteroatoms. The SMILES string of the molecule is O=C(NCC[C@H]1CCCN1)c1ccsc1. The number of carbonyl (C=O) groups excluding carboxylic acids is 1. The number of amides is 1. The predicted octanol–water partition coefficient (Wildman–Crippen LogP) is 1.62. The molecule has 1 atom stereocenters. The van der Waals surface area contributed by atoms with E-state index in [0.29, 0.717) is 6.04 Å². The highest BCUT2D eigenvalue weighted by Gasteiger charge is 2.13. The van der Waals surface area contributed by atoms with E-state index in [0.717, 1.165) is 25.1 Å². The summed E-state index contributed by atoms with van der Waals surface area (Å²) < 4.78 is 0. The predicted molar refractivity (Wildman–Crippen MR) is 62.3 cm³/mol. The maximum absolute atomic E-state index is 11.6. The van der Waals surface area contributed by atoms with Crippen LogP contribution in [-0.2, 0) is 0 Å². The van der Waals surface area contributed by atoms with Crippen molar-refractivity contribution >= 4 is 17.2 Å². The quantitative estimate of drug-likeness (QED) is 0.816. The minimum atomic E-state index is 0.0502. The Hall–Kier alpha value is -0.870. The number of thiophene rings is 1. The number of rotatable bonds is 4. The molecule has 1 amide bonds. The van der Waals surface area contributed by atoms with Crippen LogP contribution in [0.3, 0.4) is 0 Å². The number of hydrogen-bond donors (Lipinski definition) is 2. The summed E-state index contributed by atoms with van der Waals surface area (Å²) in [4.78, 5) is 11.6. The second kappa shape index (κ2) is 5.28. The van der Waals surface area contributed by atoms with Crippen molar-refractivity contribution in [3.05, 3.63) is 22.4 Å². The van der Waals surface area contributed by atoms with Crippen molar-refractivity contribution < 1.29 is 4.79 Å². The third-order valence-electron chi connectivity index (χ3n) is 2.72. The molecule has 1 aromatic rings. The van der Waals surface area contributed by atoms with Crippen LogP contribution in [0.4, 0.5) is 0 Å². The van der Waals surface area contributed by atoms with Gasteiger partial charge in [0.05, 0.1) is 0 Å². The summed E-state index contributed by atoms with van der Waals surface area (Å²) in [5, 5.41) is 10.2. The molecule has 0 spiro atoms. The molecule has 0 aliphatic carbocycles. The molecule has 1 aliphatic rings. The molecule has 1 aliphatic heterocycles. The van der Waals surface area contributed by atoms with Crippen LogP contribution in [0.1, 0.15) is 29.6 Å². The third kappa shape index (κ3) is 3.04. The van der Waals surface area contributed by atoms with Crippen molar-refractivity contribution in [2.45, 2.75) is 25.3 Å². The zero-order valence-electron chi connectivity index (χ0n) is 8.66. The summed E-state index contributed by atoms with van der Waals surface area (Å²) in [6.45, 7) is 1.90. The zero-order chi connectivity index (χ0) is 10.5. The molecule has 2 rings (SSSR count). The van der Waals surface area contributed by atoms with Crippen LogP contribution in [0.15, 0.2) is 16.8 Å². The molecule has 3 nitrogen and oxygen atoms in total. The third-order valence-corrected chi connectivity index (χ3v) is 3.41. The highest BCUT2D eigenvalue weighted by Crippen LogP contribution is 2.08. The van der Waals surface area contributed by atoms with Gasteiger partial charge in [-0.05, 0) is 37.3 Å². The number of hydrogen-bond acceptors (Lipinski definition) is 3. The maximum Gasteiger partial charge on any atom is 0.252 e. The lowest BCUT2D eigenvalue weighted by atomic mass is 10.1. The van der Waals surface area contributed by atoms with Gasteiger partial charge in [-0.15, -0.1) is 0 Å². The first-order valence-electron chi connectivity index (χ1n) is 5.40. The molecule has 2 N–H and O–H groups in total. The van der Waals surface area contributed by atoms with Crippen LogP contribution in [0, 0.1) is 0 Å². The molecular weight excluding hydrogens is 208 g/mol. The smallest absolute Gasteiger partial charge is 0.252 e. The molecule has 1 saturated heterocycles. The molecule has 0 bridgehead atoms. The van der Waals surface area contributed by atoms with E-state index in [9.17, 15) is 4.79 Å². The summed E-state index contributed by atoms with van der Waals surface area (Å²) in [6.07, 6.45) is 3.55. The molecule has 0 aromatic carbocycles. The second-order valence-corrected chi connectivity index (χ2v) is 4.63. The molecule has 15 heavy (non-hydrogen) atoms. The van der Waals surface area contributed by atoms with Gasteiger partial charge in [0.2, 0.25) is 0 Å². The van der Waals surface area contributed by atoms with Crippen LogP contribution >= 0.6 is 11.3 Å². The fourth-order valence-electron chi connectivity index (χ4n) is 1.86. The summed E-state index contributed by atoms with van der Waals surface area (Å²) in [6, 6.07) is 2.46. The summed E-state index contributed by atoms with van der Waals surface area (Å²) in [5.41, 5.74) is 0.777. The minimum Gasteiger partial charge on any atom is -0.352 e. The summed E-state index contributed by atoms with van der Waals surface area (Å²) in [7, 11) is 0. The van der Waals surface area contributed by atoms with Crippen molar-refractivity contribution in [2.75, 3.05) is 13.1 Å². The molecule has 0 unspecified atom stereocenters. The van der Waals surface area contributed by atoms with Gasteiger partial charge in [-0.1, -0.05) is 0 Å². The lowest BCUT2D eigenvalue weighted by Gasteiger charge is -2.10. The average Bonchev–Trinajstić information content (AvgIpc) is 2.90. The van der Waals surface area contributed by atoms with Crippen molar-refractivity contribution in [1.82, 2.24) is 10.6 Å². The standard InChI is InChI=1S/C11H16N2OS/c14-11(9-4-7-15-8-9)13-6-3-10-2-1-5-12-10/h4,7-8,10,12H,1-3,5-6H2,(H,13,14)/t10-/m1/s1. The number of carbonyl (C=O) groups is 1. The van der Waals surface area contributed by atoms with Gasteiger partial charge >= 0.3 is 0 Å². The van der Waals surface area contributed by atoms with Gasteiger partial charge in [0, 0.05) is 23.5 Å². The van der Waals surface area contributed by atoms with E-state index in [1.54, 1.807) is 11.3 Å². The minimum absolute atomic E-state index is 0.0502. The summed E-state index contributed by atoms with van der Waals surface area (Å²) in [5.74, 6) is 0.0502. The Balaban J connectivity index is 1.67. The van der Waals surface area contributed by atoms with E-state index in [1.165, 1.54) is 12.8 Å². The van der Waals surface area contributed by atoms with E-state index in [-0.39, 0.29) is 5.91 Å². The molecule has 0 saturated carbocycles. The van der Waals surface area contributed by atoms with E-state index in [2.05, 4.69) is 10.6 Å². The highest BCUT2D eigenvalue weighted by atomic mass is 32.1. The first kappa shape index (κ1) is 10.6. The molecule has 1 fully saturated rings. The second-order valence-electron chi connectivity index (χ2n) is 3.85. The molecule has 2 heterocycles. The average molecular weight is 224 g/mol. The Bertz CT molecular complexity index is 304. The molecule has 1 aromatic heterocycles. The van der Waals surface area contributed by atoms with Crippen LogP contribution < -0.4 is 10.6 Å². The van der Waals surface area contributed by atoms with Crippen molar-refractivity contribution in [3.8, 4) is 0 Å². The van der Waals surface area contributed by atoms with Crippen molar-refractivity contribution in [2.24, 2.45) is 0 Å². The van der Waals surface area contributed by atoms with Crippen LogP contribution in [0.5, 0.6) is 0 Å². The maximum atomic E-state index is 11.6. The van der Waals surface area contributed by atoms with Gasteiger partial charge in [-0.25, -0.2) is 0 Å². The first-order valence-corrected chi connectivity index (χ1v) is 6.34. The van der Waals surface area contributed by atoms with Gasteiger partial charge in [0.1, 0.15) is 0 Å². The highest BCUT2D eigenvalue weighted by molar-refractivity contribution is 7.08. The monoisotopic (exact) mass is 224 g/mol. The van der Waals surface area contributed by atoms with Crippen LogP contribution in [0.25, 0.3) is 0 Å². The Kier molecular flexibility index (Phi) is 3.75. The topological polar surface area (TPSA) is 41.1 Å². The lowest BCUT2D eigenvalue weighted by Crippen LogP contribution is -2.30. The van der Waals surface area contributed by atoms with Gasteiger partial charge in [0.15, 0.2) is 0 Å². The molecule has 0 radical (unpaired) electrons. The normalized spacial score (nSPS) is 20.4. The first-order chi connectivity index (χ1) is 7.36. The zero-order valence-corrected chi connectivity index (χ0v) is 9.48. The fraction of sp³-hybridized carbons (Fsp3) is 0.545. The Morgan fingerprint density at radius 1 is 1.67 bits per heavy atom. The Morgan fingerprint density at radius 2 is 2.60 bits per heavy atom. The van der Waals surface area contributed by atoms with E-state index in [4.69, 9.17) is 0 Å². The van der Waals surface area contributed by atoms with Crippen molar-refractivity contribution in [1.29, 1.82) is 0 Å². The fourth-order valence-corrected chi connectivity index (χ4v) is 2.49. The van der Waals surface area contributed by atoms with Crippen molar-refractivity contribution in [3.63, 3.8) is 0 Å².